The molecule has 0 saturated heterocycles. The van der Waals surface area contributed by atoms with Crippen LogP contribution in [0.15, 0.2) is 46.9 Å². The number of fused-ring (bicyclic) bond motifs is 1. The lowest BCUT2D eigenvalue weighted by Crippen LogP contribution is -2.27. The Bertz CT molecular complexity index is 904. The summed E-state index contributed by atoms with van der Waals surface area (Å²) in [4.78, 5) is 16.4. The molecule has 1 heterocycles. The van der Waals surface area contributed by atoms with Crippen LogP contribution in [-0.4, -0.2) is 31.2 Å². The van der Waals surface area contributed by atoms with Gasteiger partial charge in [0.1, 0.15) is 23.6 Å². The highest BCUT2D eigenvalue weighted by Crippen LogP contribution is 2.19. The Morgan fingerprint density at radius 1 is 1.19 bits per heavy atom. The first-order valence-electron chi connectivity index (χ1n) is 9.03. The first kappa shape index (κ1) is 18.8. The molecule has 3 rings (SSSR count). The summed E-state index contributed by atoms with van der Waals surface area (Å²) in [5, 5.41) is 2.86. The standard InChI is InChI=1S/C21H24N2O4/c1-15-9-10-19-18(13-15)23-21(27-19)8-4-7-20(24)22-11-12-26-17-6-3-5-16(14-17)25-2/h3,5-6,9-10,13-14H,4,7-8,11-12H2,1-2H3,(H,22,24). The van der Waals surface area contributed by atoms with Crippen molar-refractivity contribution in [2.75, 3.05) is 20.3 Å². The van der Waals surface area contributed by atoms with Gasteiger partial charge in [0.25, 0.3) is 0 Å². The van der Waals surface area contributed by atoms with Gasteiger partial charge in [-0.3, -0.25) is 4.79 Å². The molecule has 0 unspecified atom stereocenters. The summed E-state index contributed by atoms with van der Waals surface area (Å²) in [6, 6.07) is 13.3. The van der Waals surface area contributed by atoms with Gasteiger partial charge in [-0.1, -0.05) is 12.1 Å². The van der Waals surface area contributed by atoms with Gasteiger partial charge in [-0.05, 0) is 43.2 Å². The Kier molecular flexibility index (Phi) is 6.30. The molecule has 0 aliphatic rings. The van der Waals surface area contributed by atoms with Crippen molar-refractivity contribution in [3.05, 3.63) is 53.9 Å². The number of nitrogens with zero attached hydrogens (tertiary/aromatic N) is 1. The van der Waals surface area contributed by atoms with Gasteiger partial charge in [0, 0.05) is 18.9 Å². The smallest absolute Gasteiger partial charge is 0.220 e. The molecule has 1 amide bonds. The zero-order valence-corrected chi connectivity index (χ0v) is 15.7. The maximum Gasteiger partial charge on any atom is 0.220 e. The number of oxazole rings is 1. The molecule has 3 aromatic rings. The van der Waals surface area contributed by atoms with Crippen LogP contribution in [0.2, 0.25) is 0 Å². The number of hydrogen-bond acceptors (Lipinski definition) is 5. The Morgan fingerprint density at radius 3 is 2.89 bits per heavy atom. The maximum absolute atomic E-state index is 11.9. The van der Waals surface area contributed by atoms with Crippen LogP contribution < -0.4 is 14.8 Å². The summed E-state index contributed by atoms with van der Waals surface area (Å²) in [6.07, 6.45) is 1.76. The largest absolute Gasteiger partial charge is 0.497 e. The number of carbonyl (C=O) groups is 1. The Balaban J connectivity index is 1.34. The molecule has 142 valence electrons. The van der Waals surface area contributed by atoms with Gasteiger partial charge in [0.15, 0.2) is 11.5 Å². The van der Waals surface area contributed by atoms with Gasteiger partial charge in [-0.25, -0.2) is 4.98 Å². The van der Waals surface area contributed by atoms with E-state index >= 15 is 0 Å². The quantitative estimate of drug-likeness (QED) is 0.584. The van der Waals surface area contributed by atoms with Crippen LogP contribution in [0.1, 0.15) is 24.3 Å². The van der Waals surface area contributed by atoms with Crippen LogP contribution in [0, 0.1) is 6.92 Å². The van der Waals surface area contributed by atoms with E-state index in [1.54, 1.807) is 7.11 Å². The number of rotatable bonds is 9. The predicted octanol–water partition coefficient (Wildman–Crippen LogP) is 3.66. The molecule has 0 bridgehead atoms. The molecular weight excluding hydrogens is 344 g/mol. The molecule has 0 atom stereocenters. The monoisotopic (exact) mass is 368 g/mol. The van der Waals surface area contributed by atoms with Crippen molar-refractivity contribution in [3.63, 3.8) is 0 Å². The second kappa shape index (κ2) is 9.07. The average Bonchev–Trinajstić information content (AvgIpc) is 3.07. The Labute approximate surface area is 158 Å². The summed E-state index contributed by atoms with van der Waals surface area (Å²) < 4.78 is 16.4. The highest BCUT2D eigenvalue weighted by Gasteiger charge is 2.07. The van der Waals surface area contributed by atoms with Crippen molar-refractivity contribution < 1.29 is 18.7 Å². The number of benzene rings is 2. The van der Waals surface area contributed by atoms with Gasteiger partial charge in [-0.15, -0.1) is 0 Å². The zero-order chi connectivity index (χ0) is 19.1. The maximum atomic E-state index is 11.9. The lowest BCUT2D eigenvalue weighted by atomic mass is 10.2. The van der Waals surface area contributed by atoms with Crippen molar-refractivity contribution >= 4 is 17.0 Å². The molecule has 2 aromatic carbocycles. The van der Waals surface area contributed by atoms with E-state index in [0.29, 0.717) is 38.3 Å². The molecular formula is C21H24N2O4. The number of aryl methyl sites for hydroxylation is 2. The lowest BCUT2D eigenvalue weighted by Gasteiger charge is -2.08. The molecule has 1 N–H and O–H groups in total. The number of ether oxygens (including phenoxy) is 2. The van der Waals surface area contributed by atoms with Crippen molar-refractivity contribution in [3.8, 4) is 11.5 Å². The van der Waals surface area contributed by atoms with Crippen LogP contribution in [0.5, 0.6) is 11.5 Å². The van der Waals surface area contributed by atoms with E-state index in [-0.39, 0.29) is 5.91 Å². The highest BCUT2D eigenvalue weighted by molar-refractivity contribution is 5.76. The van der Waals surface area contributed by atoms with Crippen molar-refractivity contribution in [2.24, 2.45) is 0 Å². The van der Waals surface area contributed by atoms with Gasteiger partial charge < -0.3 is 19.2 Å². The normalized spacial score (nSPS) is 10.7. The second-order valence-corrected chi connectivity index (χ2v) is 6.31. The number of methoxy groups -OCH3 is 1. The molecule has 1 aromatic heterocycles. The fourth-order valence-electron chi connectivity index (χ4n) is 2.73. The SMILES string of the molecule is COc1cccc(OCCNC(=O)CCCc2nc3cc(C)ccc3o2)c1. The minimum atomic E-state index is -0.00352. The van der Waals surface area contributed by atoms with E-state index in [1.165, 1.54) is 0 Å². The van der Waals surface area contributed by atoms with Crippen LogP contribution in [-0.2, 0) is 11.2 Å². The van der Waals surface area contributed by atoms with E-state index < -0.39 is 0 Å². The van der Waals surface area contributed by atoms with Crippen LogP contribution >= 0.6 is 0 Å². The van der Waals surface area contributed by atoms with Gasteiger partial charge in [0.05, 0.1) is 13.7 Å². The number of nitrogens with one attached hydrogen (secondary N) is 1. The summed E-state index contributed by atoms with van der Waals surface area (Å²) in [6.45, 7) is 2.89. The highest BCUT2D eigenvalue weighted by atomic mass is 16.5. The van der Waals surface area contributed by atoms with Gasteiger partial charge in [-0.2, -0.15) is 0 Å². The first-order valence-corrected chi connectivity index (χ1v) is 9.03. The van der Waals surface area contributed by atoms with E-state index in [1.807, 2.05) is 49.4 Å². The molecule has 0 saturated carbocycles. The van der Waals surface area contributed by atoms with Crippen LogP contribution in [0.25, 0.3) is 11.1 Å². The van der Waals surface area contributed by atoms with Crippen molar-refractivity contribution in [1.29, 1.82) is 0 Å². The Morgan fingerprint density at radius 2 is 2.04 bits per heavy atom. The zero-order valence-electron chi connectivity index (χ0n) is 15.7. The minimum Gasteiger partial charge on any atom is -0.497 e. The van der Waals surface area contributed by atoms with E-state index in [0.717, 1.165) is 28.2 Å². The minimum absolute atomic E-state index is 0.00352. The summed E-state index contributed by atoms with van der Waals surface area (Å²) in [5.41, 5.74) is 2.80. The molecule has 6 heteroatoms. The molecule has 0 aliphatic carbocycles. The molecule has 0 aliphatic heterocycles. The number of amides is 1. The third-order valence-electron chi connectivity index (χ3n) is 4.12. The van der Waals surface area contributed by atoms with Crippen molar-refractivity contribution in [1.82, 2.24) is 10.3 Å². The van der Waals surface area contributed by atoms with E-state index in [4.69, 9.17) is 13.9 Å². The summed E-state index contributed by atoms with van der Waals surface area (Å²) in [7, 11) is 1.61. The van der Waals surface area contributed by atoms with E-state index in [9.17, 15) is 4.79 Å². The third-order valence-corrected chi connectivity index (χ3v) is 4.12. The fraction of sp³-hybridized carbons (Fsp3) is 0.333. The lowest BCUT2D eigenvalue weighted by molar-refractivity contribution is -0.121. The summed E-state index contributed by atoms with van der Waals surface area (Å²) in [5.74, 6) is 2.13. The van der Waals surface area contributed by atoms with E-state index in [2.05, 4.69) is 10.3 Å². The second-order valence-electron chi connectivity index (χ2n) is 6.31. The summed E-state index contributed by atoms with van der Waals surface area (Å²) >= 11 is 0. The Hall–Kier alpha value is -3.02. The number of carbonyl (C=O) groups excluding carboxylic acids is 1. The average molecular weight is 368 g/mol. The third kappa shape index (κ3) is 5.48. The first-order chi connectivity index (χ1) is 13.1. The van der Waals surface area contributed by atoms with Crippen LogP contribution in [0.4, 0.5) is 0 Å². The predicted molar refractivity (Wildman–Crippen MR) is 103 cm³/mol. The molecule has 0 fully saturated rings. The van der Waals surface area contributed by atoms with Crippen LogP contribution in [0.3, 0.4) is 0 Å². The van der Waals surface area contributed by atoms with Gasteiger partial charge >= 0.3 is 0 Å². The molecule has 0 spiro atoms. The van der Waals surface area contributed by atoms with Crippen molar-refractivity contribution in [2.45, 2.75) is 26.2 Å². The molecule has 27 heavy (non-hydrogen) atoms. The molecule has 6 nitrogen and oxygen atoms in total. The van der Waals surface area contributed by atoms with Gasteiger partial charge in [0.2, 0.25) is 5.91 Å². The number of aromatic nitrogens is 1. The molecule has 0 radical (unpaired) electrons. The fourth-order valence-corrected chi connectivity index (χ4v) is 2.73. The number of hydrogen-bond donors (Lipinski definition) is 1. The topological polar surface area (TPSA) is 73.6 Å².